The minimum absolute atomic E-state index is 0.0295. The number of carbonyl (C=O) groups excluding carboxylic acids is 2. The second kappa shape index (κ2) is 7.75. The molecular weight excluding hydrogens is 356 g/mol. The molecule has 2 aromatic rings. The molecule has 148 valence electrons. The Kier molecular flexibility index (Phi) is 5.17. The fourth-order valence-electron chi connectivity index (χ4n) is 3.98. The Morgan fingerprint density at radius 2 is 1.93 bits per heavy atom. The van der Waals surface area contributed by atoms with Gasteiger partial charge in [-0.25, -0.2) is 0 Å². The molecule has 2 aliphatic heterocycles. The maximum atomic E-state index is 13.0. The van der Waals surface area contributed by atoms with Crippen LogP contribution in [-0.2, 0) is 33.8 Å². The molecule has 0 spiro atoms. The van der Waals surface area contributed by atoms with E-state index in [4.69, 9.17) is 4.74 Å². The SMILES string of the molecule is Cc1cc(C)n(CC(=O)N2CCO[C@@H](C(=O)N3CCc4ccccc4C3)C2)n1. The summed E-state index contributed by atoms with van der Waals surface area (Å²) in [6.45, 7) is 6.52. The molecule has 4 rings (SSSR count). The number of hydrogen-bond donors (Lipinski definition) is 0. The summed E-state index contributed by atoms with van der Waals surface area (Å²) in [5.41, 5.74) is 4.35. The lowest BCUT2D eigenvalue weighted by Gasteiger charge is -2.36. The molecule has 3 heterocycles. The summed E-state index contributed by atoms with van der Waals surface area (Å²) >= 11 is 0. The number of morpholine rings is 1. The third-order valence-corrected chi connectivity index (χ3v) is 5.53. The van der Waals surface area contributed by atoms with Gasteiger partial charge in [-0.15, -0.1) is 0 Å². The van der Waals surface area contributed by atoms with Crippen LogP contribution in [0.1, 0.15) is 22.5 Å². The largest absolute Gasteiger partial charge is 0.365 e. The van der Waals surface area contributed by atoms with Gasteiger partial charge in [0.25, 0.3) is 5.91 Å². The fraction of sp³-hybridized carbons (Fsp3) is 0.476. The molecule has 0 bridgehead atoms. The van der Waals surface area contributed by atoms with Crippen molar-refractivity contribution in [1.29, 1.82) is 0 Å². The van der Waals surface area contributed by atoms with Crippen molar-refractivity contribution in [2.45, 2.75) is 39.5 Å². The molecule has 7 nitrogen and oxygen atoms in total. The quantitative estimate of drug-likeness (QED) is 0.803. The Hall–Kier alpha value is -2.67. The fourth-order valence-corrected chi connectivity index (χ4v) is 3.98. The number of nitrogens with zero attached hydrogens (tertiary/aromatic N) is 4. The molecule has 0 radical (unpaired) electrons. The van der Waals surface area contributed by atoms with Crippen LogP contribution in [0.3, 0.4) is 0 Å². The molecule has 1 atom stereocenters. The number of fused-ring (bicyclic) bond motifs is 1. The predicted molar refractivity (Wildman–Crippen MR) is 104 cm³/mol. The van der Waals surface area contributed by atoms with Crippen LogP contribution in [0.2, 0.25) is 0 Å². The van der Waals surface area contributed by atoms with Crippen molar-refractivity contribution in [3.63, 3.8) is 0 Å². The molecule has 7 heteroatoms. The molecule has 0 aliphatic carbocycles. The van der Waals surface area contributed by atoms with E-state index in [1.807, 2.05) is 36.9 Å². The van der Waals surface area contributed by atoms with E-state index >= 15 is 0 Å². The zero-order chi connectivity index (χ0) is 19.7. The first-order valence-electron chi connectivity index (χ1n) is 9.77. The Labute approximate surface area is 164 Å². The molecule has 0 unspecified atom stereocenters. The minimum atomic E-state index is -0.594. The summed E-state index contributed by atoms with van der Waals surface area (Å²) in [6.07, 6.45) is 0.262. The van der Waals surface area contributed by atoms with E-state index in [9.17, 15) is 9.59 Å². The zero-order valence-electron chi connectivity index (χ0n) is 16.4. The van der Waals surface area contributed by atoms with Crippen LogP contribution in [0.5, 0.6) is 0 Å². The first-order valence-corrected chi connectivity index (χ1v) is 9.77. The first-order chi connectivity index (χ1) is 13.5. The minimum Gasteiger partial charge on any atom is -0.365 e. The number of carbonyl (C=O) groups is 2. The summed E-state index contributed by atoms with van der Waals surface area (Å²) in [7, 11) is 0. The van der Waals surface area contributed by atoms with Crippen LogP contribution in [0, 0.1) is 13.8 Å². The Morgan fingerprint density at radius 1 is 1.14 bits per heavy atom. The normalized spacial score (nSPS) is 19.4. The molecule has 0 saturated carbocycles. The monoisotopic (exact) mass is 382 g/mol. The molecule has 28 heavy (non-hydrogen) atoms. The smallest absolute Gasteiger partial charge is 0.253 e. The van der Waals surface area contributed by atoms with Gasteiger partial charge in [-0.2, -0.15) is 5.10 Å². The van der Waals surface area contributed by atoms with Crippen molar-refractivity contribution in [2.24, 2.45) is 0 Å². The van der Waals surface area contributed by atoms with Gasteiger partial charge in [-0.1, -0.05) is 24.3 Å². The topological polar surface area (TPSA) is 67.7 Å². The van der Waals surface area contributed by atoms with Gasteiger partial charge >= 0.3 is 0 Å². The van der Waals surface area contributed by atoms with E-state index in [0.29, 0.717) is 32.8 Å². The van der Waals surface area contributed by atoms with E-state index in [-0.39, 0.29) is 18.4 Å². The number of benzene rings is 1. The van der Waals surface area contributed by atoms with Gasteiger partial charge in [-0.3, -0.25) is 14.3 Å². The zero-order valence-corrected chi connectivity index (χ0v) is 16.4. The third kappa shape index (κ3) is 3.80. The van der Waals surface area contributed by atoms with Crippen LogP contribution in [0.25, 0.3) is 0 Å². The van der Waals surface area contributed by atoms with Crippen LogP contribution in [0.4, 0.5) is 0 Å². The van der Waals surface area contributed by atoms with Crippen molar-refractivity contribution in [2.75, 3.05) is 26.2 Å². The Bertz CT molecular complexity index is 892. The van der Waals surface area contributed by atoms with Crippen LogP contribution >= 0.6 is 0 Å². The molecule has 0 N–H and O–H groups in total. The maximum Gasteiger partial charge on any atom is 0.253 e. The highest BCUT2D eigenvalue weighted by Crippen LogP contribution is 2.20. The Morgan fingerprint density at radius 3 is 2.68 bits per heavy atom. The molecule has 1 saturated heterocycles. The lowest BCUT2D eigenvalue weighted by atomic mass is 9.99. The van der Waals surface area contributed by atoms with Gasteiger partial charge in [0, 0.05) is 25.3 Å². The molecule has 1 fully saturated rings. The van der Waals surface area contributed by atoms with Gasteiger partial charge in [0.15, 0.2) is 6.10 Å². The van der Waals surface area contributed by atoms with Crippen molar-refractivity contribution < 1.29 is 14.3 Å². The van der Waals surface area contributed by atoms with E-state index in [2.05, 4.69) is 17.2 Å². The lowest BCUT2D eigenvalue weighted by molar-refractivity contribution is -0.155. The number of aromatic nitrogens is 2. The van der Waals surface area contributed by atoms with Gasteiger partial charge in [-0.05, 0) is 37.5 Å². The highest BCUT2D eigenvalue weighted by atomic mass is 16.5. The third-order valence-electron chi connectivity index (χ3n) is 5.53. The Balaban J connectivity index is 1.39. The highest BCUT2D eigenvalue weighted by Gasteiger charge is 2.33. The summed E-state index contributed by atoms with van der Waals surface area (Å²) in [5, 5.41) is 4.36. The average molecular weight is 382 g/mol. The second-order valence-corrected chi connectivity index (χ2v) is 7.56. The summed E-state index contributed by atoms with van der Waals surface area (Å²) in [5.74, 6) is -0.0607. The van der Waals surface area contributed by atoms with E-state index in [0.717, 1.165) is 17.8 Å². The van der Waals surface area contributed by atoms with Crippen LogP contribution < -0.4 is 0 Å². The van der Waals surface area contributed by atoms with Crippen molar-refractivity contribution in [3.05, 3.63) is 52.8 Å². The lowest BCUT2D eigenvalue weighted by Crippen LogP contribution is -2.53. The van der Waals surface area contributed by atoms with E-state index < -0.39 is 6.10 Å². The van der Waals surface area contributed by atoms with E-state index in [1.54, 1.807) is 9.58 Å². The molecule has 2 amide bonds. The van der Waals surface area contributed by atoms with Crippen molar-refractivity contribution in [3.8, 4) is 0 Å². The number of amides is 2. The number of ether oxygens (including phenoxy) is 1. The molecule has 2 aliphatic rings. The highest BCUT2D eigenvalue weighted by molar-refractivity contribution is 5.83. The van der Waals surface area contributed by atoms with Gasteiger partial charge in [0.1, 0.15) is 6.54 Å². The van der Waals surface area contributed by atoms with Crippen molar-refractivity contribution >= 4 is 11.8 Å². The van der Waals surface area contributed by atoms with Gasteiger partial charge < -0.3 is 14.5 Å². The van der Waals surface area contributed by atoms with Gasteiger partial charge in [0.2, 0.25) is 5.91 Å². The summed E-state index contributed by atoms with van der Waals surface area (Å²) < 4.78 is 7.45. The maximum absolute atomic E-state index is 13.0. The van der Waals surface area contributed by atoms with Crippen LogP contribution in [0.15, 0.2) is 30.3 Å². The van der Waals surface area contributed by atoms with Crippen LogP contribution in [-0.4, -0.2) is 63.7 Å². The van der Waals surface area contributed by atoms with Gasteiger partial charge in [0.05, 0.1) is 18.8 Å². The number of rotatable bonds is 3. The first kappa shape index (κ1) is 18.7. The number of hydrogen-bond acceptors (Lipinski definition) is 4. The predicted octanol–water partition coefficient (Wildman–Crippen LogP) is 1.31. The molecule has 1 aromatic heterocycles. The standard InChI is InChI=1S/C21H26N4O3/c1-15-11-16(2)25(22-15)14-20(26)23-9-10-28-19(13-23)21(27)24-8-7-17-5-3-4-6-18(17)12-24/h3-6,11,19H,7-10,12-14H2,1-2H3/t19-/m1/s1. The summed E-state index contributed by atoms with van der Waals surface area (Å²) in [4.78, 5) is 29.3. The van der Waals surface area contributed by atoms with E-state index in [1.165, 1.54) is 11.1 Å². The number of aryl methyl sites for hydroxylation is 2. The second-order valence-electron chi connectivity index (χ2n) is 7.56. The molecular formula is C21H26N4O3. The average Bonchev–Trinajstić information content (AvgIpc) is 3.03. The summed E-state index contributed by atoms with van der Waals surface area (Å²) in [6, 6.07) is 10.2. The van der Waals surface area contributed by atoms with Crippen molar-refractivity contribution in [1.82, 2.24) is 19.6 Å². The molecule has 1 aromatic carbocycles.